The molecular formula is C4H8O10. The fourth-order valence-electron chi connectivity index (χ4n) is 0. The van der Waals surface area contributed by atoms with Crippen molar-refractivity contribution in [1.29, 1.82) is 0 Å². The molecule has 0 aliphatic carbocycles. The van der Waals surface area contributed by atoms with E-state index in [1.807, 2.05) is 0 Å². The zero-order valence-corrected chi connectivity index (χ0v) is 6.42. The van der Waals surface area contributed by atoms with Crippen molar-refractivity contribution in [3.8, 4) is 0 Å². The van der Waals surface area contributed by atoms with Gasteiger partial charge in [0.05, 0.1) is 0 Å². The Kier molecular flexibility index (Phi) is 17.5. The molecule has 10 nitrogen and oxygen atoms in total. The molecule has 0 atom stereocenters. The van der Waals surface area contributed by atoms with Crippen LogP contribution in [-0.4, -0.2) is 55.3 Å². The van der Waals surface area contributed by atoms with Crippen LogP contribution in [0.1, 0.15) is 0 Å². The molecule has 14 heavy (non-hydrogen) atoms. The highest BCUT2D eigenvalue weighted by Gasteiger charge is 2.04. The maximum absolute atomic E-state index is 9.10. The standard InChI is InChI=1S/2C2H2O4.2H2O/c2*3-1(4)2(5)6;;/h2*(H,3,4)(H,5,6);2*1H2. The lowest BCUT2D eigenvalue weighted by Crippen LogP contribution is -2.09. The topological polar surface area (TPSA) is 212 Å². The second-order valence-corrected chi connectivity index (χ2v) is 1.22. The van der Waals surface area contributed by atoms with Gasteiger partial charge in [-0.05, 0) is 0 Å². The van der Waals surface area contributed by atoms with E-state index in [9.17, 15) is 0 Å². The molecule has 0 aromatic rings. The number of aliphatic carboxylic acids is 4. The summed E-state index contributed by atoms with van der Waals surface area (Å²) >= 11 is 0. The molecule has 0 amide bonds. The Balaban J connectivity index is -0.0000000625. The van der Waals surface area contributed by atoms with E-state index in [2.05, 4.69) is 0 Å². The van der Waals surface area contributed by atoms with E-state index < -0.39 is 23.9 Å². The summed E-state index contributed by atoms with van der Waals surface area (Å²) in [5.41, 5.74) is 0. The molecule has 0 saturated carbocycles. The van der Waals surface area contributed by atoms with Crippen LogP contribution in [0.4, 0.5) is 0 Å². The zero-order chi connectivity index (χ0) is 10.3. The monoisotopic (exact) mass is 216 g/mol. The van der Waals surface area contributed by atoms with Crippen molar-refractivity contribution in [2.45, 2.75) is 0 Å². The molecule has 0 rings (SSSR count). The third-order valence-electron chi connectivity index (χ3n) is 0.366. The molecule has 0 aliphatic rings. The maximum Gasteiger partial charge on any atom is 0.414 e. The average molecular weight is 216 g/mol. The van der Waals surface area contributed by atoms with Gasteiger partial charge in [-0.1, -0.05) is 0 Å². The van der Waals surface area contributed by atoms with E-state index in [0.717, 1.165) is 0 Å². The predicted octanol–water partition coefficient (Wildman–Crippen LogP) is -3.34. The second-order valence-electron chi connectivity index (χ2n) is 1.22. The Morgan fingerprint density at radius 1 is 0.500 bits per heavy atom. The van der Waals surface area contributed by atoms with Gasteiger partial charge in [-0.3, -0.25) is 0 Å². The lowest BCUT2D eigenvalue weighted by Gasteiger charge is -1.72. The first kappa shape index (κ1) is 22.6. The third kappa shape index (κ3) is 22.6. The van der Waals surface area contributed by atoms with Gasteiger partial charge in [-0.25, -0.2) is 19.2 Å². The molecule has 0 heterocycles. The first-order valence-corrected chi connectivity index (χ1v) is 2.21. The summed E-state index contributed by atoms with van der Waals surface area (Å²) in [6, 6.07) is 0. The average Bonchev–Trinajstić information content (AvgIpc) is 1.88. The molecule has 0 spiro atoms. The van der Waals surface area contributed by atoms with Gasteiger partial charge in [0.25, 0.3) is 0 Å². The van der Waals surface area contributed by atoms with Crippen molar-refractivity contribution in [2.24, 2.45) is 0 Å². The quantitative estimate of drug-likeness (QED) is 0.299. The van der Waals surface area contributed by atoms with Crippen LogP contribution in [0.15, 0.2) is 0 Å². The summed E-state index contributed by atoms with van der Waals surface area (Å²) in [6.45, 7) is 0. The fraction of sp³-hybridized carbons (Fsp3) is 0. The highest BCUT2D eigenvalue weighted by atomic mass is 16.4. The van der Waals surface area contributed by atoms with Gasteiger partial charge in [-0.15, -0.1) is 0 Å². The Bertz CT molecular complexity index is 168. The smallest absolute Gasteiger partial charge is 0.414 e. The van der Waals surface area contributed by atoms with E-state index in [-0.39, 0.29) is 11.0 Å². The Labute approximate surface area is 75.6 Å². The van der Waals surface area contributed by atoms with Crippen molar-refractivity contribution in [1.82, 2.24) is 0 Å². The number of rotatable bonds is 0. The first-order chi connectivity index (χ1) is 5.29. The minimum Gasteiger partial charge on any atom is -0.473 e. The van der Waals surface area contributed by atoms with E-state index in [1.165, 1.54) is 0 Å². The maximum atomic E-state index is 9.10. The number of carboxylic acids is 4. The molecule has 0 aromatic carbocycles. The number of carbonyl (C=O) groups is 4. The van der Waals surface area contributed by atoms with Crippen LogP contribution < -0.4 is 0 Å². The molecule has 10 heteroatoms. The van der Waals surface area contributed by atoms with Crippen molar-refractivity contribution in [3.05, 3.63) is 0 Å². The minimum atomic E-state index is -1.82. The lowest BCUT2D eigenvalue weighted by atomic mass is 10.7. The van der Waals surface area contributed by atoms with Crippen molar-refractivity contribution in [2.75, 3.05) is 0 Å². The van der Waals surface area contributed by atoms with Gasteiger partial charge in [0.2, 0.25) is 0 Å². The molecule has 8 N–H and O–H groups in total. The lowest BCUT2D eigenvalue weighted by molar-refractivity contribution is -0.159. The summed E-state index contributed by atoms with van der Waals surface area (Å²) in [7, 11) is 0. The SMILES string of the molecule is O.O.O=C(O)C(=O)O.O=C(O)C(=O)O. The highest BCUT2D eigenvalue weighted by molar-refractivity contribution is 6.27. The van der Waals surface area contributed by atoms with Gasteiger partial charge >= 0.3 is 23.9 Å². The van der Waals surface area contributed by atoms with Crippen LogP contribution in [0.2, 0.25) is 0 Å². The Morgan fingerprint density at radius 2 is 0.571 bits per heavy atom. The third-order valence-corrected chi connectivity index (χ3v) is 0.366. The predicted molar refractivity (Wildman–Crippen MR) is 37.8 cm³/mol. The van der Waals surface area contributed by atoms with Crippen LogP contribution in [0.5, 0.6) is 0 Å². The number of hydrogen-bond donors (Lipinski definition) is 4. The molecule has 0 aliphatic heterocycles. The fourth-order valence-corrected chi connectivity index (χ4v) is 0. The summed E-state index contributed by atoms with van der Waals surface area (Å²) in [5, 5.41) is 29.6. The summed E-state index contributed by atoms with van der Waals surface area (Å²) in [6.07, 6.45) is 0. The second kappa shape index (κ2) is 10.8. The van der Waals surface area contributed by atoms with E-state index >= 15 is 0 Å². The Morgan fingerprint density at radius 3 is 0.571 bits per heavy atom. The minimum absolute atomic E-state index is 0. The van der Waals surface area contributed by atoms with Gasteiger partial charge in [-0.2, -0.15) is 0 Å². The molecule has 84 valence electrons. The van der Waals surface area contributed by atoms with Crippen LogP contribution in [0.25, 0.3) is 0 Å². The molecule has 0 unspecified atom stereocenters. The summed E-state index contributed by atoms with van der Waals surface area (Å²) < 4.78 is 0. The molecule has 0 saturated heterocycles. The Hall–Kier alpha value is -2.20. The molecule has 0 radical (unpaired) electrons. The van der Waals surface area contributed by atoms with Crippen LogP contribution >= 0.6 is 0 Å². The molecule has 0 bridgehead atoms. The highest BCUT2D eigenvalue weighted by Crippen LogP contribution is 1.56. The van der Waals surface area contributed by atoms with Gasteiger partial charge < -0.3 is 31.4 Å². The van der Waals surface area contributed by atoms with Crippen molar-refractivity contribution < 1.29 is 50.6 Å². The van der Waals surface area contributed by atoms with Crippen LogP contribution in [0.3, 0.4) is 0 Å². The van der Waals surface area contributed by atoms with Crippen molar-refractivity contribution >= 4 is 23.9 Å². The summed E-state index contributed by atoms with van der Waals surface area (Å²) in [4.78, 5) is 36.4. The first-order valence-electron chi connectivity index (χ1n) is 2.21. The number of hydrogen-bond acceptors (Lipinski definition) is 4. The number of carboxylic acid groups (broad SMARTS) is 4. The summed E-state index contributed by atoms with van der Waals surface area (Å²) in [5.74, 6) is -7.30. The van der Waals surface area contributed by atoms with E-state index in [4.69, 9.17) is 39.6 Å². The van der Waals surface area contributed by atoms with Gasteiger partial charge in [0, 0.05) is 0 Å². The van der Waals surface area contributed by atoms with E-state index in [1.54, 1.807) is 0 Å². The molecular weight excluding hydrogens is 208 g/mol. The van der Waals surface area contributed by atoms with E-state index in [0.29, 0.717) is 0 Å². The largest absolute Gasteiger partial charge is 0.473 e. The van der Waals surface area contributed by atoms with Gasteiger partial charge in [0.1, 0.15) is 0 Å². The normalized spacial score (nSPS) is 6.29. The molecule has 0 fully saturated rings. The van der Waals surface area contributed by atoms with Crippen LogP contribution in [-0.2, 0) is 19.2 Å². The van der Waals surface area contributed by atoms with Crippen molar-refractivity contribution in [3.63, 3.8) is 0 Å². The zero-order valence-electron chi connectivity index (χ0n) is 6.42. The van der Waals surface area contributed by atoms with Crippen LogP contribution in [0, 0.1) is 0 Å². The molecule has 0 aromatic heterocycles. The van der Waals surface area contributed by atoms with Gasteiger partial charge in [0.15, 0.2) is 0 Å².